The van der Waals surface area contributed by atoms with E-state index >= 15 is 0 Å². The predicted octanol–water partition coefficient (Wildman–Crippen LogP) is 1.58. The second-order valence-electron chi connectivity index (χ2n) is 6.55. The van der Waals surface area contributed by atoms with Gasteiger partial charge in [0, 0.05) is 38.0 Å². The number of carbonyl (C=O) groups is 2. The Hall–Kier alpha value is -3.29. The molecule has 2 amide bonds. The first-order valence-corrected chi connectivity index (χ1v) is 8.84. The molecule has 1 aliphatic rings. The largest absolute Gasteiger partial charge is 0.496 e. The Bertz CT molecular complexity index is 971. The van der Waals surface area contributed by atoms with Crippen molar-refractivity contribution in [2.75, 3.05) is 27.8 Å². The Morgan fingerprint density at radius 2 is 1.82 bits per heavy atom. The van der Waals surface area contributed by atoms with Gasteiger partial charge < -0.3 is 24.3 Å². The van der Waals surface area contributed by atoms with Crippen LogP contribution in [0, 0.1) is 0 Å². The Balaban J connectivity index is 2.20. The lowest BCUT2D eigenvalue weighted by Gasteiger charge is -2.30. The van der Waals surface area contributed by atoms with Gasteiger partial charge in [-0.1, -0.05) is 0 Å². The fourth-order valence-corrected chi connectivity index (χ4v) is 3.59. The van der Waals surface area contributed by atoms with E-state index in [1.165, 1.54) is 18.8 Å². The molecular formula is C20H23N3O5. The fraction of sp³-hybridized carbons (Fsp3) is 0.350. The third kappa shape index (κ3) is 3.21. The number of ether oxygens (including phenoxy) is 2. The number of fused-ring (bicyclic) bond motifs is 1. The highest BCUT2D eigenvalue weighted by Crippen LogP contribution is 2.36. The van der Waals surface area contributed by atoms with Crippen molar-refractivity contribution in [2.45, 2.75) is 13.0 Å². The van der Waals surface area contributed by atoms with Crippen molar-refractivity contribution in [3.8, 4) is 22.6 Å². The first kappa shape index (κ1) is 19.5. The van der Waals surface area contributed by atoms with Crippen molar-refractivity contribution < 1.29 is 19.1 Å². The van der Waals surface area contributed by atoms with Crippen molar-refractivity contribution >= 4 is 12.3 Å². The maximum atomic E-state index is 12.7. The van der Waals surface area contributed by atoms with Gasteiger partial charge in [-0.05, 0) is 29.7 Å². The summed E-state index contributed by atoms with van der Waals surface area (Å²) in [5, 5.41) is 2.60. The number of benzene rings is 1. The fourth-order valence-electron chi connectivity index (χ4n) is 3.59. The average molecular weight is 385 g/mol. The summed E-state index contributed by atoms with van der Waals surface area (Å²) in [6.07, 6.45) is 3.01. The summed E-state index contributed by atoms with van der Waals surface area (Å²) in [5.74, 6) is 0.796. The van der Waals surface area contributed by atoms with Gasteiger partial charge in [0.25, 0.3) is 5.56 Å². The van der Waals surface area contributed by atoms with Crippen LogP contribution in [0.4, 0.5) is 4.79 Å². The van der Waals surface area contributed by atoms with E-state index in [0.717, 1.165) is 16.7 Å². The van der Waals surface area contributed by atoms with Crippen molar-refractivity contribution in [2.24, 2.45) is 7.05 Å². The summed E-state index contributed by atoms with van der Waals surface area (Å²) >= 11 is 0. The molecule has 0 saturated heterocycles. The van der Waals surface area contributed by atoms with Gasteiger partial charge in [0.05, 0.1) is 26.3 Å². The van der Waals surface area contributed by atoms with Gasteiger partial charge in [-0.2, -0.15) is 0 Å². The number of nitrogens with one attached hydrogen (secondary N) is 1. The van der Waals surface area contributed by atoms with Crippen LogP contribution in [0.25, 0.3) is 11.1 Å². The van der Waals surface area contributed by atoms with Gasteiger partial charge in [-0.15, -0.1) is 0 Å². The van der Waals surface area contributed by atoms with Crippen LogP contribution >= 0.6 is 0 Å². The van der Waals surface area contributed by atoms with E-state index in [4.69, 9.17) is 9.47 Å². The van der Waals surface area contributed by atoms with Gasteiger partial charge in [0.1, 0.15) is 11.5 Å². The number of methoxy groups -OCH3 is 2. The molecule has 0 spiro atoms. The molecule has 3 rings (SSSR count). The number of aromatic nitrogens is 1. The molecule has 1 aromatic heterocycles. The van der Waals surface area contributed by atoms with Crippen LogP contribution in [0.1, 0.15) is 21.5 Å². The average Bonchev–Trinajstić information content (AvgIpc) is 2.74. The summed E-state index contributed by atoms with van der Waals surface area (Å²) in [6.45, 7) is 0.754. The van der Waals surface area contributed by atoms with E-state index < -0.39 is 0 Å². The van der Waals surface area contributed by atoms with Gasteiger partial charge in [0.15, 0.2) is 6.29 Å². The first-order valence-electron chi connectivity index (χ1n) is 8.84. The normalized spacial score (nSPS) is 12.9. The maximum Gasteiger partial charge on any atom is 0.317 e. The van der Waals surface area contributed by atoms with Crippen molar-refractivity contribution in [3.05, 3.63) is 45.4 Å². The molecule has 2 aromatic rings. The van der Waals surface area contributed by atoms with Gasteiger partial charge in [-0.3, -0.25) is 9.59 Å². The van der Waals surface area contributed by atoms with Gasteiger partial charge >= 0.3 is 6.03 Å². The second kappa shape index (κ2) is 7.75. The molecule has 28 heavy (non-hydrogen) atoms. The van der Waals surface area contributed by atoms with Crippen LogP contribution in [0.2, 0.25) is 0 Å². The Morgan fingerprint density at radius 1 is 1.18 bits per heavy atom. The number of nitrogens with zero attached hydrogens (tertiary/aromatic N) is 2. The SMILES string of the molecule is CNC(=O)N1CCc2c(-c3cc(OC)c(C=O)c(OC)c3)cn(C)c(=O)c2C1. The molecule has 8 heteroatoms. The molecule has 1 aromatic carbocycles. The Kier molecular flexibility index (Phi) is 5.39. The minimum Gasteiger partial charge on any atom is -0.496 e. The van der Waals surface area contributed by atoms with Crippen molar-refractivity contribution in [3.63, 3.8) is 0 Å². The van der Waals surface area contributed by atoms with Gasteiger partial charge in [-0.25, -0.2) is 4.79 Å². The molecule has 0 aliphatic carbocycles. The van der Waals surface area contributed by atoms with Gasteiger partial charge in [0.2, 0.25) is 0 Å². The minimum atomic E-state index is -0.211. The highest BCUT2D eigenvalue weighted by Gasteiger charge is 2.26. The molecule has 0 bridgehead atoms. The molecule has 0 atom stereocenters. The third-order valence-corrected chi connectivity index (χ3v) is 5.05. The van der Waals surface area contributed by atoms with E-state index in [0.29, 0.717) is 41.9 Å². The number of rotatable bonds is 4. The molecule has 0 fully saturated rings. The molecule has 8 nitrogen and oxygen atoms in total. The summed E-state index contributed by atoms with van der Waals surface area (Å²) in [7, 11) is 6.23. The Labute approximate surface area is 162 Å². The third-order valence-electron chi connectivity index (χ3n) is 5.05. The number of aryl methyl sites for hydroxylation is 1. The van der Waals surface area contributed by atoms with E-state index in [-0.39, 0.29) is 18.1 Å². The summed E-state index contributed by atoms with van der Waals surface area (Å²) < 4.78 is 12.2. The smallest absolute Gasteiger partial charge is 0.317 e. The number of hydrogen-bond donors (Lipinski definition) is 1. The van der Waals surface area contributed by atoms with E-state index in [1.807, 2.05) is 0 Å². The summed E-state index contributed by atoms with van der Waals surface area (Å²) in [5.41, 5.74) is 3.31. The van der Waals surface area contributed by atoms with Crippen LogP contribution in [-0.4, -0.2) is 49.6 Å². The monoisotopic (exact) mass is 385 g/mol. The van der Waals surface area contributed by atoms with Crippen LogP contribution in [-0.2, 0) is 20.0 Å². The number of aldehydes is 1. The van der Waals surface area contributed by atoms with E-state index in [2.05, 4.69) is 5.32 Å². The van der Waals surface area contributed by atoms with Crippen LogP contribution < -0.4 is 20.3 Å². The molecular weight excluding hydrogens is 362 g/mol. The van der Waals surface area contributed by atoms with Crippen molar-refractivity contribution in [1.82, 2.24) is 14.8 Å². The molecule has 1 N–H and O–H groups in total. The first-order chi connectivity index (χ1) is 13.4. The lowest BCUT2D eigenvalue weighted by Crippen LogP contribution is -2.44. The van der Waals surface area contributed by atoms with Crippen LogP contribution in [0.15, 0.2) is 23.1 Å². The van der Waals surface area contributed by atoms with Crippen LogP contribution in [0.3, 0.4) is 0 Å². The zero-order valence-corrected chi connectivity index (χ0v) is 16.4. The molecule has 0 radical (unpaired) electrons. The predicted molar refractivity (Wildman–Crippen MR) is 104 cm³/mol. The number of urea groups is 1. The zero-order valence-electron chi connectivity index (χ0n) is 16.4. The highest BCUT2D eigenvalue weighted by molar-refractivity contribution is 5.87. The van der Waals surface area contributed by atoms with E-state index in [1.54, 1.807) is 37.3 Å². The molecule has 2 heterocycles. The number of pyridine rings is 1. The summed E-state index contributed by atoms with van der Waals surface area (Å²) in [6, 6.07) is 3.31. The van der Waals surface area contributed by atoms with Crippen LogP contribution in [0.5, 0.6) is 11.5 Å². The minimum absolute atomic E-state index is 0.129. The second-order valence-corrected chi connectivity index (χ2v) is 6.55. The number of amides is 2. The highest BCUT2D eigenvalue weighted by atomic mass is 16.5. The topological polar surface area (TPSA) is 89.9 Å². The lowest BCUT2D eigenvalue weighted by atomic mass is 9.92. The number of carbonyl (C=O) groups excluding carboxylic acids is 2. The standard InChI is InChI=1S/C20H23N3O5/c1-21-20(26)23-6-5-13-14(9-22(2)19(25)15(13)10-23)12-7-17(27-3)16(11-24)18(8-12)28-4/h7-9,11H,5-6,10H2,1-4H3,(H,21,26). The molecule has 1 aliphatic heterocycles. The lowest BCUT2D eigenvalue weighted by molar-refractivity contribution is 0.111. The van der Waals surface area contributed by atoms with Crippen molar-refractivity contribution in [1.29, 1.82) is 0 Å². The molecule has 148 valence electrons. The molecule has 0 saturated carbocycles. The quantitative estimate of drug-likeness (QED) is 0.807. The zero-order chi connectivity index (χ0) is 20.4. The maximum absolute atomic E-state index is 12.7. The van der Waals surface area contributed by atoms with E-state index in [9.17, 15) is 14.4 Å². The number of hydrogen-bond acceptors (Lipinski definition) is 5. The Morgan fingerprint density at radius 3 is 2.36 bits per heavy atom. The summed E-state index contributed by atoms with van der Waals surface area (Å²) in [4.78, 5) is 37.8. The molecule has 0 unspecified atom stereocenters.